The Labute approximate surface area is 144 Å². The number of hydrogen-bond acceptors (Lipinski definition) is 3. The minimum Gasteiger partial charge on any atom is -0.353 e. The second-order valence-corrected chi connectivity index (χ2v) is 7.26. The van der Waals surface area contributed by atoms with Crippen molar-refractivity contribution >= 4 is 17.7 Å². The van der Waals surface area contributed by atoms with Gasteiger partial charge >= 0.3 is 0 Å². The fourth-order valence-electron chi connectivity index (χ4n) is 3.72. The molecular weight excluding hydrogens is 306 g/mol. The van der Waals surface area contributed by atoms with E-state index >= 15 is 0 Å². The number of hydrogen-bond donors (Lipinski definition) is 2. The summed E-state index contributed by atoms with van der Waals surface area (Å²) < 4.78 is 0. The number of nitrogens with zero attached hydrogens (tertiary/aromatic N) is 1. The van der Waals surface area contributed by atoms with Crippen LogP contribution in [0.4, 0.5) is 0 Å². The molecule has 1 saturated carbocycles. The van der Waals surface area contributed by atoms with Gasteiger partial charge in [-0.1, -0.05) is 19.8 Å². The van der Waals surface area contributed by atoms with E-state index in [1.807, 2.05) is 6.92 Å². The Morgan fingerprint density at radius 1 is 1.12 bits per heavy atom. The summed E-state index contributed by atoms with van der Waals surface area (Å²) in [7, 11) is 1.80. The van der Waals surface area contributed by atoms with Crippen LogP contribution in [0.5, 0.6) is 0 Å². The monoisotopic (exact) mass is 337 g/mol. The van der Waals surface area contributed by atoms with Crippen LogP contribution in [-0.4, -0.2) is 48.3 Å². The first kappa shape index (κ1) is 18.7. The van der Waals surface area contributed by atoms with Gasteiger partial charge in [0.25, 0.3) is 0 Å². The molecule has 136 valence electrons. The van der Waals surface area contributed by atoms with Crippen LogP contribution in [0, 0.1) is 5.92 Å². The lowest BCUT2D eigenvalue weighted by Gasteiger charge is -2.31. The summed E-state index contributed by atoms with van der Waals surface area (Å²) in [6.45, 7) is 2.58. The number of likely N-dealkylation sites (tertiary alicyclic amines) is 1. The molecule has 0 bridgehead atoms. The maximum absolute atomic E-state index is 12.1. The summed E-state index contributed by atoms with van der Waals surface area (Å²) in [4.78, 5) is 37.1. The minimum atomic E-state index is -0.0100. The largest absolute Gasteiger partial charge is 0.353 e. The molecule has 2 rings (SSSR count). The molecule has 3 amide bonds. The molecule has 2 N–H and O–H groups in total. The van der Waals surface area contributed by atoms with Gasteiger partial charge in [-0.15, -0.1) is 0 Å². The zero-order valence-electron chi connectivity index (χ0n) is 15.0. The SMILES string of the molecule is CCC(=O)NC1CCCC(CCC(=O)NC2CCN(C)C(=O)C2)C1. The van der Waals surface area contributed by atoms with Crippen molar-refractivity contribution in [3.8, 4) is 0 Å². The lowest BCUT2D eigenvalue weighted by molar-refractivity contribution is -0.133. The average Bonchev–Trinajstić information content (AvgIpc) is 2.56. The van der Waals surface area contributed by atoms with Gasteiger partial charge in [-0.05, 0) is 31.6 Å². The zero-order chi connectivity index (χ0) is 17.5. The van der Waals surface area contributed by atoms with E-state index in [2.05, 4.69) is 10.6 Å². The molecule has 0 spiro atoms. The third kappa shape index (κ3) is 5.80. The number of carbonyl (C=O) groups is 3. The van der Waals surface area contributed by atoms with Crippen LogP contribution >= 0.6 is 0 Å². The van der Waals surface area contributed by atoms with Crippen molar-refractivity contribution in [1.82, 2.24) is 15.5 Å². The Balaban J connectivity index is 1.67. The van der Waals surface area contributed by atoms with E-state index in [4.69, 9.17) is 0 Å². The normalized spacial score (nSPS) is 27.7. The van der Waals surface area contributed by atoms with E-state index in [1.54, 1.807) is 11.9 Å². The van der Waals surface area contributed by atoms with E-state index < -0.39 is 0 Å². The second-order valence-electron chi connectivity index (χ2n) is 7.26. The molecular formula is C18H31N3O3. The molecule has 1 aliphatic heterocycles. The van der Waals surface area contributed by atoms with Crippen LogP contribution in [0.15, 0.2) is 0 Å². The number of carbonyl (C=O) groups excluding carboxylic acids is 3. The third-order valence-corrected chi connectivity index (χ3v) is 5.27. The molecule has 24 heavy (non-hydrogen) atoms. The van der Waals surface area contributed by atoms with Gasteiger partial charge in [0.1, 0.15) is 0 Å². The highest BCUT2D eigenvalue weighted by Crippen LogP contribution is 2.28. The van der Waals surface area contributed by atoms with Gasteiger partial charge in [0.2, 0.25) is 17.7 Å². The van der Waals surface area contributed by atoms with E-state index in [0.717, 1.165) is 38.5 Å². The molecule has 2 fully saturated rings. The molecule has 1 saturated heterocycles. The van der Waals surface area contributed by atoms with Crippen LogP contribution in [0.25, 0.3) is 0 Å². The highest BCUT2D eigenvalue weighted by atomic mass is 16.2. The van der Waals surface area contributed by atoms with Gasteiger partial charge < -0.3 is 15.5 Å². The van der Waals surface area contributed by atoms with Crippen LogP contribution in [-0.2, 0) is 14.4 Å². The molecule has 6 nitrogen and oxygen atoms in total. The minimum absolute atomic E-state index is 0.0100. The van der Waals surface area contributed by atoms with E-state index in [9.17, 15) is 14.4 Å². The van der Waals surface area contributed by atoms with E-state index in [1.165, 1.54) is 0 Å². The van der Waals surface area contributed by atoms with Crippen molar-refractivity contribution in [3.05, 3.63) is 0 Å². The van der Waals surface area contributed by atoms with E-state index in [0.29, 0.717) is 31.7 Å². The van der Waals surface area contributed by atoms with Crippen molar-refractivity contribution in [1.29, 1.82) is 0 Å². The quantitative estimate of drug-likeness (QED) is 0.772. The molecule has 0 aromatic heterocycles. The molecule has 6 heteroatoms. The Kier molecular flexibility index (Phi) is 7.06. The van der Waals surface area contributed by atoms with Gasteiger partial charge in [0.05, 0.1) is 0 Å². The van der Waals surface area contributed by atoms with Crippen LogP contribution in [0.2, 0.25) is 0 Å². The van der Waals surface area contributed by atoms with Crippen LogP contribution in [0.3, 0.4) is 0 Å². The smallest absolute Gasteiger partial charge is 0.224 e. The Bertz CT molecular complexity index is 466. The molecule has 0 radical (unpaired) electrons. The van der Waals surface area contributed by atoms with Gasteiger partial charge in [-0.3, -0.25) is 14.4 Å². The number of piperidine rings is 1. The van der Waals surface area contributed by atoms with Gasteiger partial charge in [0.15, 0.2) is 0 Å². The predicted molar refractivity (Wildman–Crippen MR) is 92.2 cm³/mol. The summed E-state index contributed by atoms with van der Waals surface area (Å²) in [5.74, 6) is 0.779. The standard InChI is InChI=1S/C18H31N3O3/c1-3-16(22)19-14-6-4-5-13(11-14)7-8-17(23)20-15-9-10-21(2)18(24)12-15/h13-15H,3-12H2,1-2H3,(H,19,22)(H,20,23). The van der Waals surface area contributed by atoms with Gasteiger partial charge in [0, 0.05) is 44.9 Å². The maximum atomic E-state index is 12.1. The zero-order valence-corrected chi connectivity index (χ0v) is 15.0. The molecule has 0 aromatic carbocycles. The highest BCUT2D eigenvalue weighted by molar-refractivity contribution is 5.80. The first-order valence-corrected chi connectivity index (χ1v) is 9.30. The van der Waals surface area contributed by atoms with Gasteiger partial charge in [-0.2, -0.15) is 0 Å². The van der Waals surface area contributed by atoms with Crippen molar-refractivity contribution < 1.29 is 14.4 Å². The van der Waals surface area contributed by atoms with E-state index in [-0.39, 0.29) is 29.8 Å². The lowest BCUT2D eigenvalue weighted by atomic mass is 9.83. The average molecular weight is 337 g/mol. The molecule has 2 aliphatic rings. The summed E-state index contributed by atoms with van der Waals surface area (Å²) in [6, 6.07) is 0.259. The first-order chi connectivity index (χ1) is 11.5. The van der Waals surface area contributed by atoms with Crippen molar-refractivity contribution in [2.75, 3.05) is 13.6 Å². The second kappa shape index (κ2) is 9.04. The summed E-state index contributed by atoms with van der Waals surface area (Å²) in [6.07, 6.45) is 7.43. The summed E-state index contributed by atoms with van der Waals surface area (Å²) in [5, 5.41) is 6.08. The molecule has 3 atom stereocenters. The number of amides is 3. The fourth-order valence-corrected chi connectivity index (χ4v) is 3.72. The van der Waals surface area contributed by atoms with Crippen molar-refractivity contribution in [2.24, 2.45) is 5.92 Å². The maximum Gasteiger partial charge on any atom is 0.224 e. The molecule has 1 heterocycles. The van der Waals surface area contributed by atoms with Gasteiger partial charge in [-0.25, -0.2) is 0 Å². The molecule has 1 aliphatic carbocycles. The first-order valence-electron chi connectivity index (χ1n) is 9.30. The summed E-state index contributed by atoms with van der Waals surface area (Å²) in [5.41, 5.74) is 0. The van der Waals surface area contributed by atoms with Crippen molar-refractivity contribution in [2.45, 2.75) is 76.8 Å². The predicted octanol–water partition coefficient (Wildman–Crippen LogP) is 1.59. The van der Waals surface area contributed by atoms with Crippen LogP contribution < -0.4 is 10.6 Å². The number of rotatable bonds is 6. The Morgan fingerprint density at radius 3 is 2.58 bits per heavy atom. The molecule has 3 unspecified atom stereocenters. The molecule has 0 aromatic rings. The lowest BCUT2D eigenvalue weighted by Crippen LogP contribution is -2.46. The third-order valence-electron chi connectivity index (χ3n) is 5.27. The number of nitrogens with one attached hydrogen (secondary N) is 2. The fraction of sp³-hybridized carbons (Fsp3) is 0.833. The topological polar surface area (TPSA) is 78.5 Å². The highest BCUT2D eigenvalue weighted by Gasteiger charge is 2.26. The Morgan fingerprint density at radius 2 is 1.88 bits per heavy atom. The Hall–Kier alpha value is -1.59. The van der Waals surface area contributed by atoms with Crippen LogP contribution in [0.1, 0.15) is 64.7 Å². The van der Waals surface area contributed by atoms with Crippen molar-refractivity contribution in [3.63, 3.8) is 0 Å². The summed E-state index contributed by atoms with van der Waals surface area (Å²) >= 11 is 0.